The van der Waals surface area contributed by atoms with Crippen LogP contribution in [0.1, 0.15) is 84.1 Å². The number of benzene rings is 1. The van der Waals surface area contributed by atoms with Crippen LogP contribution >= 0.6 is 0 Å². The predicted molar refractivity (Wildman–Crippen MR) is 168 cm³/mol. The molecule has 0 aromatic heterocycles. The number of Topliss-reactive ketones (excluding diaryl/α,β-unsaturated/α-hetero) is 2. The van der Waals surface area contributed by atoms with Crippen LogP contribution in [0.4, 0.5) is 0 Å². The molecule has 0 radical (unpaired) electrons. The zero-order chi connectivity index (χ0) is 34.1. The maximum absolute atomic E-state index is 13.8. The van der Waals surface area contributed by atoms with Crippen molar-refractivity contribution in [2.45, 2.75) is 96.6 Å². The van der Waals surface area contributed by atoms with E-state index in [1.807, 2.05) is 0 Å². The smallest absolute Gasteiger partial charge is 0.328 e. The number of allylic oxidation sites excluding steroid dienone is 1. The monoisotopic (exact) mass is 651 g/mol. The highest BCUT2D eigenvalue weighted by Crippen LogP contribution is 2.66. The van der Waals surface area contributed by atoms with Crippen LogP contribution in [0.2, 0.25) is 0 Å². The van der Waals surface area contributed by atoms with E-state index in [4.69, 9.17) is 9.47 Å². The van der Waals surface area contributed by atoms with Crippen molar-refractivity contribution in [1.82, 2.24) is 5.32 Å². The fourth-order valence-electron chi connectivity index (χ4n) is 8.97. The number of amides is 1. The van der Waals surface area contributed by atoms with Gasteiger partial charge in [0.15, 0.2) is 12.4 Å². The van der Waals surface area contributed by atoms with Gasteiger partial charge in [0, 0.05) is 37.0 Å². The number of hydrogen-bond donors (Lipinski definition) is 3. The number of phenolic OH excluding ortho intramolecular Hbond substituents is 1. The summed E-state index contributed by atoms with van der Waals surface area (Å²) in [6.07, 6.45) is 4.44. The van der Waals surface area contributed by atoms with Crippen LogP contribution in [0.25, 0.3) is 0 Å². The van der Waals surface area contributed by atoms with Crippen LogP contribution in [0.3, 0.4) is 0 Å². The van der Waals surface area contributed by atoms with Crippen molar-refractivity contribution < 1.29 is 48.5 Å². The van der Waals surface area contributed by atoms with Crippen LogP contribution in [0.5, 0.6) is 5.75 Å². The summed E-state index contributed by atoms with van der Waals surface area (Å²) in [7, 11) is 0. The number of aliphatic hydroxyl groups is 1. The molecule has 11 nitrogen and oxygen atoms in total. The molecule has 0 saturated heterocycles. The Morgan fingerprint density at radius 3 is 2.43 bits per heavy atom. The van der Waals surface area contributed by atoms with E-state index in [1.54, 1.807) is 32.1 Å². The fourth-order valence-corrected chi connectivity index (χ4v) is 8.97. The highest BCUT2D eigenvalue weighted by molar-refractivity contribution is 5.95. The summed E-state index contributed by atoms with van der Waals surface area (Å²) in [4.78, 5) is 77.1. The molecule has 0 unspecified atom stereocenters. The minimum atomic E-state index is -1.84. The Balaban J connectivity index is 1.16. The van der Waals surface area contributed by atoms with Gasteiger partial charge in [-0.3, -0.25) is 24.0 Å². The molecule has 11 heteroatoms. The van der Waals surface area contributed by atoms with Gasteiger partial charge < -0.3 is 25.0 Å². The van der Waals surface area contributed by atoms with Gasteiger partial charge in [-0.05, 0) is 80.1 Å². The number of rotatable bonds is 11. The second-order valence-corrected chi connectivity index (χ2v) is 14.1. The average molecular weight is 652 g/mol. The first-order chi connectivity index (χ1) is 22.2. The summed E-state index contributed by atoms with van der Waals surface area (Å²) in [5, 5.41) is 23.9. The zero-order valence-electron chi connectivity index (χ0n) is 27.3. The van der Waals surface area contributed by atoms with Crippen molar-refractivity contribution >= 4 is 35.2 Å². The third-order valence-electron chi connectivity index (χ3n) is 11.5. The van der Waals surface area contributed by atoms with E-state index in [9.17, 15) is 39.0 Å². The normalized spacial score (nSPS) is 31.8. The molecule has 4 aliphatic carbocycles. The summed E-state index contributed by atoms with van der Waals surface area (Å²) in [5.41, 5.74) is -1.50. The number of carbonyl (C=O) groups is 6. The summed E-state index contributed by atoms with van der Waals surface area (Å²) < 4.78 is 10.3. The molecule has 1 aromatic rings. The average Bonchev–Trinajstić information content (AvgIpc) is 3.30. The van der Waals surface area contributed by atoms with Crippen LogP contribution in [0, 0.1) is 28.6 Å². The van der Waals surface area contributed by atoms with E-state index in [0.717, 1.165) is 18.4 Å². The van der Waals surface area contributed by atoms with Crippen molar-refractivity contribution in [2.75, 3.05) is 13.2 Å². The maximum atomic E-state index is 13.8. The molecular weight excluding hydrogens is 606 g/mol. The largest absolute Gasteiger partial charge is 0.508 e. The molecule has 1 aromatic carbocycles. The van der Waals surface area contributed by atoms with Gasteiger partial charge in [0.1, 0.15) is 23.2 Å². The fraction of sp³-hybridized carbons (Fsp3) is 0.611. The Bertz CT molecular complexity index is 1480. The lowest BCUT2D eigenvalue weighted by molar-refractivity contribution is -0.173. The van der Waals surface area contributed by atoms with E-state index in [2.05, 4.69) is 12.2 Å². The molecule has 4 aliphatic rings. The number of carbonyl (C=O) groups excluding carboxylic acids is 6. The summed E-state index contributed by atoms with van der Waals surface area (Å²) in [6.45, 7) is 4.97. The lowest BCUT2D eigenvalue weighted by Gasteiger charge is -2.57. The third kappa shape index (κ3) is 6.51. The Hall–Kier alpha value is -3.86. The lowest BCUT2D eigenvalue weighted by atomic mass is 9.46. The minimum absolute atomic E-state index is 0.00744. The topological polar surface area (TPSA) is 173 Å². The van der Waals surface area contributed by atoms with Gasteiger partial charge in [0.2, 0.25) is 11.7 Å². The SMILES string of the molecule is CCOC(=O)[C@@H](Cc1ccc(O)cc1)NC(=O)CCC(=O)OCC(=O)[C@@]1(O)CC[C@H]2[C@@H]3CCC4=CC(=O)CC[C@]4(C)[C@H]3C(=O)C[C@@]21C. The second kappa shape index (κ2) is 13.3. The molecule has 3 fully saturated rings. The maximum Gasteiger partial charge on any atom is 0.328 e. The number of ether oxygens (including phenoxy) is 2. The van der Waals surface area contributed by atoms with E-state index >= 15 is 0 Å². The number of aromatic hydroxyl groups is 1. The zero-order valence-corrected chi connectivity index (χ0v) is 27.3. The highest BCUT2D eigenvalue weighted by atomic mass is 16.5. The van der Waals surface area contributed by atoms with Crippen LogP contribution < -0.4 is 5.32 Å². The Morgan fingerprint density at radius 2 is 1.72 bits per heavy atom. The van der Waals surface area contributed by atoms with Gasteiger partial charge in [-0.2, -0.15) is 0 Å². The minimum Gasteiger partial charge on any atom is -0.508 e. The number of fused-ring (bicyclic) bond motifs is 5. The molecule has 0 bridgehead atoms. The number of nitrogens with one attached hydrogen (secondary N) is 1. The second-order valence-electron chi connectivity index (χ2n) is 14.1. The molecular formula is C36H45NO10. The standard InChI is InChI=1S/C36H45NO10/c1-4-46-33(44)27(17-21-5-8-23(38)9-6-21)37-30(42)11-12-31(43)47-20-29(41)36(45)16-14-26-25-10-7-22-18-24(39)13-15-34(22,2)32(25)28(40)19-35(26,36)3/h5-6,8-9,18,25-27,32,38,45H,4,7,10-17,19-20H2,1-3H3,(H,37,42)/t25-,26-,27+,32+,34-,35-,36-/m0/s1. The van der Waals surface area contributed by atoms with Gasteiger partial charge in [-0.1, -0.05) is 31.6 Å². The third-order valence-corrected chi connectivity index (χ3v) is 11.5. The first kappa shape index (κ1) is 34.5. The van der Waals surface area contributed by atoms with Crippen LogP contribution in [0.15, 0.2) is 35.9 Å². The lowest BCUT2D eigenvalue weighted by Crippen LogP contribution is -2.61. The van der Waals surface area contributed by atoms with Gasteiger partial charge in [-0.25, -0.2) is 4.79 Å². The molecule has 1 amide bonds. The number of ketones is 3. The molecule has 3 N–H and O–H groups in total. The molecule has 0 heterocycles. The van der Waals surface area contributed by atoms with Crippen molar-refractivity contribution in [3.63, 3.8) is 0 Å². The first-order valence-corrected chi connectivity index (χ1v) is 16.6. The molecule has 0 spiro atoms. The summed E-state index contributed by atoms with van der Waals surface area (Å²) >= 11 is 0. The highest BCUT2D eigenvalue weighted by Gasteiger charge is 2.68. The van der Waals surface area contributed by atoms with Gasteiger partial charge >= 0.3 is 11.9 Å². The quantitative estimate of drug-likeness (QED) is 0.301. The summed E-state index contributed by atoms with van der Waals surface area (Å²) in [5.74, 6) is -2.85. The van der Waals surface area contributed by atoms with Gasteiger partial charge in [0.25, 0.3) is 0 Å². The Kier molecular flexibility index (Phi) is 9.78. The van der Waals surface area contributed by atoms with E-state index in [1.165, 1.54) is 12.1 Å². The molecule has 254 valence electrons. The molecule has 0 aliphatic heterocycles. The van der Waals surface area contributed by atoms with Crippen molar-refractivity contribution in [3.8, 4) is 5.75 Å². The number of esters is 2. The first-order valence-electron chi connectivity index (χ1n) is 16.6. The van der Waals surface area contributed by atoms with Crippen LogP contribution in [-0.2, 0) is 44.7 Å². The van der Waals surface area contributed by atoms with E-state index in [-0.39, 0.29) is 79.2 Å². The number of phenols is 1. The Labute approximate surface area is 274 Å². The molecule has 5 rings (SSSR count). The van der Waals surface area contributed by atoms with E-state index in [0.29, 0.717) is 24.8 Å². The van der Waals surface area contributed by atoms with Crippen molar-refractivity contribution in [1.29, 1.82) is 0 Å². The summed E-state index contributed by atoms with van der Waals surface area (Å²) in [6, 6.07) is 5.15. The van der Waals surface area contributed by atoms with Crippen LogP contribution in [-0.4, -0.2) is 70.3 Å². The van der Waals surface area contributed by atoms with Crippen molar-refractivity contribution in [3.05, 3.63) is 41.5 Å². The van der Waals surface area contributed by atoms with Gasteiger partial charge in [0.05, 0.1) is 13.0 Å². The molecule has 47 heavy (non-hydrogen) atoms. The van der Waals surface area contributed by atoms with Gasteiger partial charge in [-0.15, -0.1) is 0 Å². The number of hydrogen-bond acceptors (Lipinski definition) is 10. The molecule has 7 atom stereocenters. The van der Waals surface area contributed by atoms with E-state index < -0.39 is 47.3 Å². The Morgan fingerprint density at radius 1 is 1.00 bits per heavy atom. The molecule has 3 saturated carbocycles. The van der Waals surface area contributed by atoms with Crippen molar-refractivity contribution in [2.24, 2.45) is 28.6 Å². The predicted octanol–water partition coefficient (Wildman–Crippen LogP) is 3.32.